The smallest absolute Gasteiger partial charge is 0.254 e. The SMILES string of the molecule is CN1CCC[C@H](c2cccc(C(=O)N3[C@H]4CC[C@H]3CC(O)C4)c2)C1. The van der Waals surface area contributed by atoms with Crippen LogP contribution in [0.1, 0.15) is 60.4 Å². The number of rotatable bonds is 2. The fourth-order valence-electron chi connectivity index (χ4n) is 4.99. The molecule has 1 amide bonds. The molecule has 3 heterocycles. The van der Waals surface area contributed by atoms with Gasteiger partial charge in [0.1, 0.15) is 0 Å². The minimum Gasteiger partial charge on any atom is -0.393 e. The van der Waals surface area contributed by atoms with Crippen LogP contribution in [0.3, 0.4) is 0 Å². The standard InChI is InChI=1S/C20H28N2O2/c1-21-9-3-6-16(13-21)14-4-2-5-15(10-14)20(24)22-17-7-8-18(22)12-19(23)11-17/h2,4-5,10,16-19,23H,3,6-9,11-13H2,1H3/t16-,17-,18-/m0/s1. The fraction of sp³-hybridized carbons (Fsp3) is 0.650. The number of aliphatic hydroxyl groups excluding tert-OH is 1. The maximum atomic E-state index is 13.1. The Morgan fingerprint density at radius 2 is 1.92 bits per heavy atom. The van der Waals surface area contributed by atoms with E-state index in [1.165, 1.54) is 24.9 Å². The van der Waals surface area contributed by atoms with Crippen LogP contribution in [0, 0.1) is 0 Å². The molecule has 2 bridgehead atoms. The van der Waals surface area contributed by atoms with Crippen molar-refractivity contribution < 1.29 is 9.90 Å². The second-order valence-corrected chi connectivity index (χ2v) is 7.95. The third kappa shape index (κ3) is 2.98. The van der Waals surface area contributed by atoms with Crippen LogP contribution in [-0.2, 0) is 0 Å². The molecule has 3 aliphatic heterocycles. The summed E-state index contributed by atoms with van der Waals surface area (Å²) in [7, 11) is 2.18. The molecule has 1 aromatic rings. The molecular weight excluding hydrogens is 300 g/mol. The van der Waals surface area contributed by atoms with Gasteiger partial charge in [-0.15, -0.1) is 0 Å². The van der Waals surface area contributed by atoms with Gasteiger partial charge in [0.05, 0.1) is 6.10 Å². The minimum absolute atomic E-state index is 0.167. The minimum atomic E-state index is -0.226. The fourth-order valence-corrected chi connectivity index (χ4v) is 4.99. The predicted molar refractivity (Wildman–Crippen MR) is 94.1 cm³/mol. The van der Waals surface area contributed by atoms with Crippen molar-refractivity contribution in [2.24, 2.45) is 0 Å². The lowest BCUT2D eigenvalue weighted by Gasteiger charge is -2.37. The number of likely N-dealkylation sites (tertiary alicyclic amines) is 1. The van der Waals surface area contributed by atoms with Crippen molar-refractivity contribution in [2.75, 3.05) is 20.1 Å². The van der Waals surface area contributed by atoms with E-state index in [0.717, 1.165) is 37.8 Å². The number of aliphatic hydroxyl groups is 1. The van der Waals surface area contributed by atoms with E-state index < -0.39 is 0 Å². The number of fused-ring (bicyclic) bond motifs is 2. The molecule has 0 radical (unpaired) electrons. The van der Waals surface area contributed by atoms with Gasteiger partial charge in [0.15, 0.2) is 0 Å². The van der Waals surface area contributed by atoms with Gasteiger partial charge in [-0.1, -0.05) is 12.1 Å². The summed E-state index contributed by atoms with van der Waals surface area (Å²) in [6.45, 7) is 2.26. The topological polar surface area (TPSA) is 43.8 Å². The Morgan fingerprint density at radius 3 is 2.62 bits per heavy atom. The monoisotopic (exact) mass is 328 g/mol. The molecule has 3 aliphatic rings. The summed E-state index contributed by atoms with van der Waals surface area (Å²) in [5, 5.41) is 9.96. The Kier molecular flexibility index (Phi) is 4.35. The number of nitrogens with zero attached hydrogens (tertiary/aromatic N) is 2. The molecule has 3 saturated heterocycles. The summed E-state index contributed by atoms with van der Waals surface area (Å²) >= 11 is 0. The van der Waals surface area contributed by atoms with Crippen LogP contribution >= 0.6 is 0 Å². The maximum Gasteiger partial charge on any atom is 0.254 e. The summed E-state index contributed by atoms with van der Waals surface area (Å²) in [6.07, 6.45) is 5.79. The molecule has 4 rings (SSSR count). The highest BCUT2D eigenvalue weighted by molar-refractivity contribution is 5.95. The van der Waals surface area contributed by atoms with E-state index in [4.69, 9.17) is 0 Å². The van der Waals surface area contributed by atoms with E-state index >= 15 is 0 Å². The van der Waals surface area contributed by atoms with E-state index in [-0.39, 0.29) is 24.1 Å². The Hall–Kier alpha value is -1.39. The molecule has 4 nitrogen and oxygen atoms in total. The van der Waals surface area contributed by atoms with E-state index in [1.54, 1.807) is 0 Å². The quantitative estimate of drug-likeness (QED) is 0.907. The van der Waals surface area contributed by atoms with Gasteiger partial charge >= 0.3 is 0 Å². The molecule has 4 heteroatoms. The van der Waals surface area contributed by atoms with Crippen LogP contribution in [0.4, 0.5) is 0 Å². The number of amides is 1. The van der Waals surface area contributed by atoms with Gasteiger partial charge in [-0.2, -0.15) is 0 Å². The first kappa shape index (κ1) is 16.1. The Labute approximate surface area is 144 Å². The van der Waals surface area contributed by atoms with Gasteiger partial charge in [0.25, 0.3) is 5.91 Å². The highest BCUT2D eigenvalue weighted by Crippen LogP contribution is 2.37. The van der Waals surface area contributed by atoms with Crippen molar-refractivity contribution in [3.8, 4) is 0 Å². The normalized spacial score (nSPS) is 33.7. The highest BCUT2D eigenvalue weighted by Gasteiger charge is 2.43. The third-order valence-electron chi connectivity index (χ3n) is 6.17. The van der Waals surface area contributed by atoms with Crippen LogP contribution < -0.4 is 0 Å². The average Bonchev–Trinajstić information content (AvgIpc) is 2.86. The molecule has 24 heavy (non-hydrogen) atoms. The van der Waals surface area contributed by atoms with Gasteiger partial charge in [0, 0.05) is 24.2 Å². The highest BCUT2D eigenvalue weighted by atomic mass is 16.3. The van der Waals surface area contributed by atoms with Crippen LogP contribution in [0.5, 0.6) is 0 Å². The Bertz CT molecular complexity index is 603. The number of piperidine rings is 2. The van der Waals surface area contributed by atoms with Crippen molar-refractivity contribution in [3.63, 3.8) is 0 Å². The number of carbonyl (C=O) groups is 1. The second kappa shape index (κ2) is 6.49. The summed E-state index contributed by atoms with van der Waals surface area (Å²) in [5.74, 6) is 0.705. The molecule has 1 N–H and O–H groups in total. The molecule has 0 aromatic heterocycles. The summed E-state index contributed by atoms with van der Waals surface area (Å²) in [4.78, 5) is 17.6. The van der Waals surface area contributed by atoms with Crippen LogP contribution in [0.15, 0.2) is 24.3 Å². The number of benzene rings is 1. The van der Waals surface area contributed by atoms with Crippen LogP contribution in [0.25, 0.3) is 0 Å². The molecule has 0 spiro atoms. The lowest BCUT2D eigenvalue weighted by molar-refractivity contribution is 0.0287. The van der Waals surface area contributed by atoms with E-state index in [9.17, 15) is 9.90 Å². The number of carbonyl (C=O) groups excluding carboxylic acids is 1. The molecule has 0 unspecified atom stereocenters. The van der Waals surface area contributed by atoms with Gasteiger partial charge < -0.3 is 14.9 Å². The maximum absolute atomic E-state index is 13.1. The van der Waals surface area contributed by atoms with E-state index in [1.807, 2.05) is 12.1 Å². The zero-order valence-corrected chi connectivity index (χ0v) is 14.5. The summed E-state index contributed by atoms with van der Waals surface area (Å²) < 4.78 is 0. The largest absolute Gasteiger partial charge is 0.393 e. The zero-order chi connectivity index (χ0) is 16.7. The summed E-state index contributed by atoms with van der Waals surface area (Å²) in [5.41, 5.74) is 2.13. The van der Waals surface area contributed by atoms with Crippen molar-refractivity contribution in [1.29, 1.82) is 0 Å². The first-order chi connectivity index (χ1) is 11.6. The lowest BCUT2D eigenvalue weighted by atomic mass is 9.89. The first-order valence-corrected chi connectivity index (χ1v) is 9.41. The first-order valence-electron chi connectivity index (χ1n) is 9.41. The zero-order valence-electron chi connectivity index (χ0n) is 14.5. The lowest BCUT2D eigenvalue weighted by Crippen LogP contribution is -2.48. The van der Waals surface area contributed by atoms with Crippen molar-refractivity contribution in [2.45, 2.75) is 62.6 Å². The molecule has 3 atom stereocenters. The van der Waals surface area contributed by atoms with Crippen LogP contribution in [0.2, 0.25) is 0 Å². The molecular formula is C20H28N2O2. The van der Waals surface area contributed by atoms with Crippen molar-refractivity contribution in [1.82, 2.24) is 9.80 Å². The molecule has 3 fully saturated rings. The molecule has 1 aromatic carbocycles. The number of hydrogen-bond donors (Lipinski definition) is 1. The average molecular weight is 328 g/mol. The van der Waals surface area contributed by atoms with Crippen molar-refractivity contribution >= 4 is 5.91 Å². The van der Waals surface area contributed by atoms with Gasteiger partial charge in [0.2, 0.25) is 0 Å². The number of likely N-dealkylation sites (N-methyl/N-ethyl adjacent to an activating group) is 1. The molecule has 130 valence electrons. The summed E-state index contributed by atoms with van der Waals surface area (Å²) in [6, 6.07) is 8.76. The van der Waals surface area contributed by atoms with E-state index in [0.29, 0.717) is 5.92 Å². The Balaban J connectivity index is 1.54. The predicted octanol–water partition coefficient (Wildman–Crippen LogP) is 2.62. The van der Waals surface area contributed by atoms with Gasteiger partial charge in [-0.25, -0.2) is 0 Å². The number of hydrogen-bond acceptors (Lipinski definition) is 3. The Morgan fingerprint density at radius 1 is 1.17 bits per heavy atom. The second-order valence-electron chi connectivity index (χ2n) is 7.95. The van der Waals surface area contributed by atoms with Crippen molar-refractivity contribution in [3.05, 3.63) is 35.4 Å². The van der Waals surface area contributed by atoms with Gasteiger partial charge in [-0.05, 0) is 75.7 Å². The van der Waals surface area contributed by atoms with Gasteiger partial charge in [-0.3, -0.25) is 4.79 Å². The molecule has 0 saturated carbocycles. The van der Waals surface area contributed by atoms with Crippen LogP contribution in [-0.4, -0.2) is 59.1 Å². The third-order valence-corrected chi connectivity index (χ3v) is 6.17. The molecule has 0 aliphatic carbocycles. The van der Waals surface area contributed by atoms with E-state index in [2.05, 4.69) is 29.0 Å².